The van der Waals surface area contributed by atoms with Crippen LogP contribution >= 0.6 is 0 Å². The third-order valence-corrected chi connectivity index (χ3v) is 5.85. The lowest BCUT2D eigenvalue weighted by molar-refractivity contribution is 0.0482. The molecule has 3 heterocycles. The second kappa shape index (κ2) is 5.62. The van der Waals surface area contributed by atoms with Crippen LogP contribution in [0.5, 0.6) is 0 Å². The van der Waals surface area contributed by atoms with Gasteiger partial charge in [0.1, 0.15) is 0 Å². The van der Waals surface area contributed by atoms with Crippen molar-refractivity contribution in [1.82, 2.24) is 10.2 Å². The molecule has 4 rings (SSSR count). The quantitative estimate of drug-likeness (QED) is 0.894. The van der Waals surface area contributed by atoms with E-state index in [9.17, 15) is 0 Å². The average Bonchev–Trinajstić information content (AvgIpc) is 2.94. The van der Waals surface area contributed by atoms with Crippen molar-refractivity contribution in [3.8, 4) is 0 Å². The number of piperidine rings is 2. The van der Waals surface area contributed by atoms with Crippen LogP contribution in [0.4, 0.5) is 5.69 Å². The highest BCUT2D eigenvalue weighted by molar-refractivity contribution is 5.61. The first kappa shape index (κ1) is 13.6. The van der Waals surface area contributed by atoms with E-state index in [2.05, 4.69) is 40.8 Å². The van der Waals surface area contributed by atoms with Crippen LogP contribution in [0.1, 0.15) is 43.2 Å². The van der Waals surface area contributed by atoms with Crippen LogP contribution in [0.3, 0.4) is 0 Å². The highest BCUT2D eigenvalue weighted by Crippen LogP contribution is 2.33. The predicted molar refractivity (Wildman–Crippen MR) is 87.7 cm³/mol. The first-order chi connectivity index (χ1) is 10.3. The lowest BCUT2D eigenvalue weighted by Crippen LogP contribution is -2.54. The Balaban J connectivity index is 1.40. The molecule has 2 saturated heterocycles. The van der Waals surface area contributed by atoms with E-state index in [1.807, 2.05) is 0 Å². The summed E-state index contributed by atoms with van der Waals surface area (Å²) >= 11 is 0. The Morgan fingerprint density at radius 1 is 1.24 bits per heavy atom. The van der Waals surface area contributed by atoms with Crippen LogP contribution in [0, 0.1) is 0 Å². The van der Waals surface area contributed by atoms with Crippen molar-refractivity contribution in [1.29, 1.82) is 0 Å². The van der Waals surface area contributed by atoms with Gasteiger partial charge in [0.05, 0.1) is 0 Å². The van der Waals surface area contributed by atoms with Crippen LogP contribution in [-0.2, 0) is 13.0 Å². The smallest absolute Gasteiger partial charge is 0.0419 e. The number of hydrogen-bond acceptors (Lipinski definition) is 3. The van der Waals surface area contributed by atoms with Gasteiger partial charge in [-0.15, -0.1) is 0 Å². The minimum Gasteiger partial charge on any atom is -0.384 e. The first-order valence-electron chi connectivity index (χ1n) is 8.61. The predicted octanol–water partition coefficient (Wildman–Crippen LogP) is 2.76. The molecule has 3 nitrogen and oxygen atoms in total. The Morgan fingerprint density at radius 3 is 2.86 bits per heavy atom. The summed E-state index contributed by atoms with van der Waals surface area (Å²) in [6, 6.07) is 9.09. The monoisotopic (exact) mass is 285 g/mol. The van der Waals surface area contributed by atoms with Gasteiger partial charge < -0.3 is 15.5 Å². The molecule has 2 bridgehead atoms. The maximum absolute atomic E-state index is 3.85. The molecular formula is C18H27N3. The number of hydrogen-bond donors (Lipinski definition) is 2. The van der Waals surface area contributed by atoms with Gasteiger partial charge in [0.15, 0.2) is 0 Å². The molecule has 0 amide bonds. The second-order valence-electron chi connectivity index (χ2n) is 7.08. The molecule has 3 heteroatoms. The molecule has 2 fully saturated rings. The van der Waals surface area contributed by atoms with Crippen molar-refractivity contribution in [2.24, 2.45) is 0 Å². The van der Waals surface area contributed by atoms with Gasteiger partial charge in [-0.3, -0.25) is 0 Å². The maximum atomic E-state index is 3.85. The van der Waals surface area contributed by atoms with Gasteiger partial charge in [0.2, 0.25) is 0 Å². The number of rotatable bonds is 3. The number of fused-ring (bicyclic) bond motifs is 3. The molecule has 114 valence electrons. The molecule has 0 aliphatic carbocycles. The first-order valence-corrected chi connectivity index (χ1v) is 8.61. The maximum Gasteiger partial charge on any atom is 0.0419 e. The number of para-hydroxylation sites is 1. The zero-order chi connectivity index (χ0) is 14.2. The highest BCUT2D eigenvalue weighted by atomic mass is 15.2. The normalized spacial score (nSPS) is 31.8. The van der Waals surface area contributed by atoms with Gasteiger partial charge in [0, 0.05) is 36.9 Å². The summed E-state index contributed by atoms with van der Waals surface area (Å²) in [5.74, 6) is 0. The Labute approximate surface area is 128 Å². The topological polar surface area (TPSA) is 27.3 Å². The zero-order valence-corrected chi connectivity index (χ0v) is 13.1. The van der Waals surface area contributed by atoms with Gasteiger partial charge in [-0.05, 0) is 50.3 Å². The van der Waals surface area contributed by atoms with Crippen molar-refractivity contribution in [3.63, 3.8) is 0 Å². The molecule has 0 radical (unpaired) electrons. The van der Waals surface area contributed by atoms with E-state index in [0.717, 1.165) is 25.2 Å². The van der Waals surface area contributed by atoms with Crippen LogP contribution in [-0.4, -0.2) is 36.6 Å². The van der Waals surface area contributed by atoms with Gasteiger partial charge in [-0.25, -0.2) is 0 Å². The van der Waals surface area contributed by atoms with Gasteiger partial charge >= 0.3 is 0 Å². The summed E-state index contributed by atoms with van der Waals surface area (Å²) in [5.41, 5.74) is 4.35. The Bertz CT molecular complexity index is 499. The summed E-state index contributed by atoms with van der Waals surface area (Å²) in [7, 11) is 2.33. The highest BCUT2D eigenvalue weighted by Gasteiger charge is 2.35. The fourth-order valence-corrected chi connectivity index (χ4v) is 4.59. The summed E-state index contributed by atoms with van der Waals surface area (Å²) in [4.78, 5) is 2.64. The fourth-order valence-electron chi connectivity index (χ4n) is 4.59. The van der Waals surface area contributed by atoms with Crippen molar-refractivity contribution >= 4 is 5.69 Å². The van der Waals surface area contributed by atoms with Crippen molar-refractivity contribution in [3.05, 3.63) is 29.3 Å². The minimum absolute atomic E-state index is 0.703. The number of nitrogens with one attached hydrogen (secondary N) is 2. The molecule has 0 spiro atoms. The number of nitrogens with zero attached hydrogens (tertiary/aromatic N) is 1. The van der Waals surface area contributed by atoms with E-state index in [4.69, 9.17) is 0 Å². The van der Waals surface area contributed by atoms with E-state index in [1.165, 1.54) is 55.3 Å². The lowest BCUT2D eigenvalue weighted by Gasteiger charge is -2.47. The molecule has 3 aliphatic rings. The Kier molecular flexibility index (Phi) is 3.64. The van der Waals surface area contributed by atoms with E-state index in [0.29, 0.717) is 6.04 Å². The molecule has 1 aromatic rings. The summed E-state index contributed by atoms with van der Waals surface area (Å²) in [6.07, 6.45) is 8.07. The zero-order valence-electron chi connectivity index (χ0n) is 13.1. The molecular weight excluding hydrogens is 258 g/mol. The minimum atomic E-state index is 0.703. The van der Waals surface area contributed by atoms with Gasteiger partial charge in [-0.1, -0.05) is 24.6 Å². The molecule has 0 aromatic heterocycles. The SMILES string of the molecule is CN1C2CCCC1CC(NCc1cccc3c1NCC3)C2. The average molecular weight is 285 g/mol. The van der Waals surface area contributed by atoms with Gasteiger partial charge in [-0.2, -0.15) is 0 Å². The molecule has 2 unspecified atom stereocenters. The van der Waals surface area contributed by atoms with Gasteiger partial charge in [0.25, 0.3) is 0 Å². The van der Waals surface area contributed by atoms with E-state index >= 15 is 0 Å². The van der Waals surface area contributed by atoms with Crippen LogP contribution in [0.25, 0.3) is 0 Å². The van der Waals surface area contributed by atoms with Crippen molar-refractivity contribution in [2.75, 3.05) is 18.9 Å². The molecule has 0 saturated carbocycles. The third-order valence-electron chi connectivity index (χ3n) is 5.85. The summed E-state index contributed by atoms with van der Waals surface area (Å²) < 4.78 is 0. The third kappa shape index (κ3) is 2.58. The standard InChI is InChI=1S/C18H27N3/c1-21-16-6-3-7-17(21)11-15(10-16)20-12-14-5-2-4-13-8-9-19-18(13)14/h2,4-5,15-17,19-20H,3,6-12H2,1H3. The van der Waals surface area contributed by atoms with E-state index in [-0.39, 0.29) is 0 Å². The fraction of sp³-hybridized carbons (Fsp3) is 0.667. The largest absolute Gasteiger partial charge is 0.384 e. The second-order valence-corrected chi connectivity index (χ2v) is 7.08. The Hall–Kier alpha value is -1.06. The molecule has 1 aromatic carbocycles. The van der Waals surface area contributed by atoms with Crippen LogP contribution < -0.4 is 10.6 Å². The van der Waals surface area contributed by atoms with E-state index in [1.54, 1.807) is 0 Å². The number of anilines is 1. The number of benzene rings is 1. The molecule has 2 atom stereocenters. The van der Waals surface area contributed by atoms with Crippen LogP contribution in [0.15, 0.2) is 18.2 Å². The molecule has 3 aliphatic heterocycles. The molecule has 21 heavy (non-hydrogen) atoms. The van der Waals surface area contributed by atoms with Crippen LogP contribution in [0.2, 0.25) is 0 Å². The Morgan fingerprint density at radius 2 is 2.05 bits per heavy atom. The molecule has 2 N–H and O–H groups in total. The lowest BCUT2D eigenvalue weighted by atomic mass is 9.82. The van der Waals surface area contributed by atoms with Crippen molar-refractivity contribution < 1.29 is 0 Å². The van der Waals surface area contributed by atoms with E-state index < -0.39 is 0 Å². The van der Waals surface area contributed by atoms with Crippen molar-refractivity contribution in [2.45, 2.75) is 63.2 Å². The summed E-state index contributed by atoms with van der Waals surface area (Å²) in [6.45, 7) is 2.12. The summed E-state index contributed by atoms with van der Waals surface area (Å²) in [5, 5.41) is 7.41.